The van der Waals surface area contributed by atoms with E-state index in [2.05, 4.69) is 16.7 Å². The summed E-state index contributed by atoms with van der Waals surface area (Å²) >= 11 is 7.33. The molecule has 0 spiro atoms. The number of Topliss-reactive ketones (excluding diaryl/α,β-unsaturated/α-hetero) is 1. The van der Waals surface area contributed by atoms with Crippen LogP contribution >= 0.6 is 23.4 Å². The van der Waals surface area contributed by atoms with Crippen molar-refractivity contribution < 1.29 is 9.59 Å². The molecular formula is C23H26ClN3O2S. The van der Waals surface area contributed by atoms with Gasteiger partial charge in [-0.05, 0) is 44.4 Å². The van der Waals surface area contributed by atoms with E-state index in [1.165, 1.54) is 25.1 Å². The van der Waals surface area contributed by atoms with Crippen molar-refractivity contribution in [1.29, 1.82) is 5.26 Å². The number of amides is 1. The van der Waals surface area contributed by atoms with E-state index in [-0.39, 0.29) is 23.5 Å². The van der Waals surface area contributed by atoms with Gasteiger partial charge in [0.15, 0.2) is 5.78 Å². The zero-order chi connectivity index (χ0) is 21.7. The second-order valence-corrected chi connectivity index (χ2v) is 9.17. The first-order valence-corrected chi connectivity index (χ1v) is 11.6. The SMILES string of the molecule is CC(=O)C1=C(C)NC(SCC(=O)NC2CCCCC2)=C(C#N)[C@H]1c1ccc(Cl)cc1. The minimum atomic E-state index is -0.477. The molecule has 1 aromatic rings. The lowest BCUT2D eigenvalue weighted by Gasteiger charge is -2.29. The average Bonchev–Trinajstić information content (AvgIpc) is 2.72. The number of benzene rings is 1. The molecule has 1 amide bonds. The second kappa shape index (κ2) is 10.2. The molecule has 1 atom stereocenters. The first-order chi connectivity index (χ1) is 14.4. The number of hydrogen-bond acceptors (Lipinski definition) is 5. The number of carbonyl (C=O) groups is 2. The Kier molecular flexibility index (Phi) is 7.63. The van der Waals surface area contributed by atoms with Gasteiger partial charge in [-0.3, -0.25) is 9.59 Å². The molecule has 1 aliphatic heterocycles. The van der Waals surface area contributed by atoms with Crippen LogP contribution in [0.2, 0.25) is 5.02 Å². The van der Waals surface area contributed by atoms with Crippen molar-refractivity contribution in [1.82, 2.24) is 10.6 Å². The van der Waals surface area contributed by atoms with Crippen LogP contribution in [0.25, 0.3) is 0 Å². The molecule has 7 heteroatoms. The number of nitriles is 1. The molecule has 0 unspecified atom stereocenters. The summed E-state index contributed by atoms with van der Waals surface area (Å²) in [6.45, 7) is 3.34. The number of dihydropyridines is 1. The predicted octanol–water partition coefficient (Wildman–Crippen LogP) is 4.81. The quantitative estimate of drug-likeness (QED) is 0.659. The Labute approximate surface area is 186 Å². The third-order valence-electron chi connectivity index (χ3n) is 5.55. The largest absolute Gasteiger partial charge is 0.353 e. The van der Waals surface area contributed by atoms with E-state index in [9.17, 15) is 14.9 Å². The van der Waals surface area contributed by atoms with Crippen LogP contribution < -0.4 is 10.6 Å². The normalized spacial score (nSPS) is 19.9. The first-order valence-electron chi connectivity index (χ1n) is 10.2. The van der Waals surface area contributed by atoms with Gasteiger partial charge in [0, 0.05) is 22.3 Å². The van der Waals surface area contributed by atoms with Gasteiger partial charge in [-0.25, -0.2) is 0 Å². The van der Waals surface area contributed by atoms with Gasteiger partial charge in [-0.2, -0.15) is 5.26 Å². The number of nitrogens with zero attached hydrogens (tertiary/aromatic N) is 1. The van der Waals surface area contributed by atoms with Gasteiger partial charge in [-0.1, -0.05) is 54.8 Å². The molecule has 3 rings (SSSR count). The molecule has 2 N–H and O–H groups in total. The van der Waals surface area contributed by atoms with Gasteiger partial charge in [-0.15, -0.1) is 0 Å². The van der Waals surface area contributed by atoms with Crippen molar-refractivity contribution in [3.63, 3.8) is 0 Å². The Bertz CT molecular complexity index is 925. The van der Waals surface area contributed by atoms with Crippen molar-refractivity contribution >= 4 is 35.1 Å². The number of ketones is 1. The minimum absolute atomic E-state index is 0.0273. The third-order valence-corrected chi connectivity index (χ3v) is 6.82. The maximum Gasteiger partial charge on any atom is 0.230 e. The number of allylic oxidation sites excluding steroid dienone is 3. The zero-order valence-electron chi connectivity index (χ0n) is 17.3. The second-order valence-electron chi connectivity index (χ2n) is 7.75. The fourth-order valence-electron chi connectivity index (χ4n) is 4.14. The molecule has 2 aliphatic rings. The maximum absolute atomic E-state index is 12.4. The summed E-state index contributed by atoms with van der Waals surface area (Å²) in [5.41, 5.74) is 2.54. The molecule has 1 heterocycles. The van der Waals surface area contributed by atoms with Gasteiger partial charge in [0.1, 0.15) is 0 Å². The molecular weight excluding hydrogens is 418 g/mol. The summed E-state index contributed by atoms with van der Waals surface area (Å²) in [6, 6.07) is 9.71. The van der Waals surface area contributed by atoms with Crippen molar-refractivity contribution in [2.24, 2.45) is 0 Å². The minimum Gasteiger partial charge on any atom is -0.353 e. The molecule has 1 aliphatic carbocycles. The number of halogens is 1. The lowest BCUT2D eigenvalue weighted by atomic mass is 9.81. The van der Waals surface area contributed by atoms with Crippen molar-refractivity contribution in [3.05, 3.63) is 56.7 Å². The highest BCUT2D eigenvalue weighted by Gasteiger charge is 2.33. The highest BCUT2D eigenvalue weighted by atomic mass is 35.5. The molecule has 5 nitrogen and oxygen atoms in total. The third kappa shape index (κ3) is 5.27. The first kappa shape index (κ1) is 22.5. The molecule has 0 radical (unpaired) electrons. The van der Waals surface area contributed by atoms with Crippen LogP contribution in [-0.2, 0) is 9.59 Å². The molecule has 0 saturated heterocycles. The zero-order valence-corrected chi connectivity index (χ0v) is 18.8. The van der Waals surface area contributed by atoms with Crippen LogP contribution in [0.1, 0.15) is 57.4 Å². The van der Waals surface area contributed by atoms with E-state index < -0.39 is 5.92 Å². The summed E-state index contributed by atoms with van der Waals surface area (Å²) in [6.07, 6.45) is 5.61. The van der Waals surface area contributed by atoms with Crippen LogP contribution in [0.3, 0.4) is 0 Å². The molecule has 1 fully saturated rings. The van der Waals surface area contributed by atoms with Gasteiger partial charge >= 0.3 is 0 Å². The van der Waals surface area contributed by atoms with E-state index >= 15 is 0 Å². The predicted molar refractivity (Wildman–Crippen MR) is 121 cm³/mol. The standard InChI is InChI=1S/C23H26ClN3O2S/c1-14-21(15(2)28)22(16-8-10-17(24)11-9-16)19(12-25)23(26-14)30-13-20(29)27-18-6-4-3-5-7-18/h8-11,18,22,26H,3-7,13H2,1-2H3,(H,27,29)/t22-/m1/s1. The van der Waals surface area contributed by atoms with Crippen LogP contribution in [0.15, 0.2) is 46.1 Å². The van der Waals surface area contributed by atoms with Crippen molar-refractivity contribution in [2.75, 3.05) is 5.75 Å². The summed E-state index contributed by atoms with van der Waals surface area (Å²) in [4.78, 5) is 24.8. The Morgan fingerprint density at radius 1 is 1.23 bits per heavy atom. The number of nitrogens with one attached hydrogen (secondary N) is 2. The van der Waals surface area contributed by atoms with Gasteiger partial charge in [0.2, 0.25) is 5.91 Å². The summed E-state index contributed by atoms with van der Waals surface area (Å²) in [7, 11) is 0. The summed E-state index contributed by atoms with van der Waals surface area (Å²) < 4.78 is 0. The summed E-state index contributed by atoms with van der Waals surface area (Å²) in [5, 5.41) is 17.5. The molecule has 1 saturated carbocycles. The van der Waals surface area contributed by atoms with Crippen LogP contribution in [-0.4, -0.2) is 23.5 Å². The molecule has 30 heavy (non-hydrogen) atoms. The van der Waals surface area contributed by atoms with E-state index in [0.717, 1.165) is 31.2 Å². The lowest BCUT2D eigenvalue weighted by molar-refractivity contribution is -0.119. The van der Waals surface area contributed by atoms with E-state index in [0.29, 0.717) is 26.9 Å². The maximum atomic E-state index is 12.4. The van der Waals surface area contributed by atoms with Gasteiger partial charge in [0.05, 0.1) is 28.3 Å². The van der Waals surface area contributed by atoms with Gasteiger partial charge < -0.3 is 10.6 Å². The molecule has 158 valence electrons. The topological polar surface area (TPSA) is 82.0 Å². The average molecular weight is 444 g/mol. The number of thioether (sulfide) groups is 1. The van der Waals surface area contributed by atoms with E-state index in [1.807, 2.05) is 19.1 Å². The van der Waals surface area contributed by atoms with Crippen molar-refractivity contribution in [3.8, 4) is 6.07 Å². The number of carbonyl (C=O) groups excluding carboxylic acids is 2. The monoisotopic (exact) mass is 443 g/mol. The van der Waals surface area contributed by atoms with Crippen LogP contribution in [0.5, 0.6) is 0 Å². The Morgan fingerprint density at radius 2 is 1.90 bits per heavy atom. The number of rotatable bonds is 6. The van der Waals surface area contributed by atoms with Gasteiger partial charge in [0.25, 0.3) is 0 Å². The Hall–Kier alpha value is -2.23. The molecule has 0 aromatic heterocycles. The fraction of sp³-hybridized carbons (Fsp3) is 0.435. The highest BCUT2D eigenvalue weighted by molar-refractivity contribution is 8.03. The van der Waals surface area contributed by atoms with Crippen LogP contribution in [0.4, 0.5) is 0 Å². The molecule has 0 bridgehead atoms. The van der Waals surface area contributed by atoms with E-state index in [4.69, 9.17) is 11.6 Å². The number of hydrogen-bond donors (Lipinski definition) is 2. The van der Waals surface area contributed by atoms with Crippen LogP contribution in [0, 0.1) is 11.3 Å². The smallest absolute Gasteiger partial charge is 0.230 e. The fourth-order valence-corrected chi connectivity index (χ4v) is 5.16. The molecule has 1 aromatic carbocycles. The lowest BCUT2D eigenvalue weighted by Crippen LogP contribution is -2.37. The summed E-state index contributed by atoms with van der Waals surface area (Å²) in [5.74, 6) is -0.373. The Balaban J connectivity index is 1.82. The highest BCUT2D eigenvalue weighted by Crippen LogP contribution is 2.41. The Morgan fingerprint density at radius 3 is 2.50 bits per heavy atom. The van der Waals surface area contributed by atoms with E-state index in [1.54, 1.807) is 12.1 Å². The van der Waals surface area contributed by atoms with Crippen molar-refractivity contribution in [2.45, 2.75) is 57.9 Å².